The molecule has 5 rings (SSSR count). The van der Waals surface area contributed by atoms with Crippen LogP contribution in [0.1, 0.15) is 38.1 Å². The molecule has 2 aromatic carbocycles. The van der Waals surface area contributed by atoms with Crippen molar-refractivity contribution in [2.75, 3.05) is 25.5 Å². The standard InChI is InChI=1S/C33H36ClF2N10O5S.2ClH/c1-21(51-31(48)43(5)27-12-23(34)7-6-22(27)15-50-30(47)14-37-4)44-19-40-45(20-44)16-33(49,25-9-8-24(35)13-26(25)36)32(2,3)52-29-11-10-28(41-42-29)46-18-38-17-39-46;;/h6-13,17-21,37,49H,14-16H2,1-5H3;2*1H/q+1;;/p-1. The summed E-state index contributed by atoms with van der Waals surface area (Å²) >= 11 is 7.34. The second-order valence-electron chi connectivity index (χ2n) is 12.1. The molecule has 0 spiro atoms. The van der Waals surface area contributed by atoms with Gasteiger partial charge in [-0.1, -0.05) is 35.5 Å². The molecule has 2 unspecified atom stereocenters. The number of aliphatic hydroxyl groups is 1. The number of benzene rings is 2. The van der Waals surface area contributed by atoms with Crippen molar-refractivity contribution in [2.24, 2.45) is 0 Å². The van der Waals surface area contributed by atoms with Gasteiger partial charge in [0.1, 0.15) is 48.1 Å². The molecule has 0 aliphatic carbocycles. The summed E-state index contributed by atoms with van der Waals surface area (Å²) < 4.78 is 43.4. The number of likely N-dealkylation sites (N-methyl/N-ethyl adjacent to an activating group) is 1. The number of nitrogens with one attached hydrogen (secondary N) is 1. The van der Waals surface area contributed by atoms with Gasteiger partial charge >= 0.3 is 12.1 Å². The number of amides is 1. The monoisotopic (exact) mass is 828 g/mol. The van der Waals surface area contributed by atoms with Crippen LogP contribution in [0.25, 0.3) is 5.82 Å². The number of hydrogen-bond acceptors (Lipinski definition) is 12. The van der Waals surface area contributed by atoms with E-state index in [0.29, 0.717) is 33.2 Å². The highest BCUT2D eigenvalue weighted by molar-refractivity contribution is 8.00. The van der Waals surface area contributed by atoms with Crippen LogP contribution in [0.5, 0.6) is 0 Å². The molecule has 290 valence electrons. The van der Waals surface area contributed by atoms with Gasteiger partial charge in [0.05, 0.1) is 17.0 Å². The zero-order valence-electron chi connectivity index (χ0n) is 29.6. The zero-order chi connectivity index (χ0) is 37.6. The van der Waals surface area contributed by atoms with Gasteiger partial charge in [0.2, 0.25) is 12.6 Å². The van der Waals surface area contributed by atoms with Crippen molar-refractivity contribution in [3.8, 4) is 5.82 Å². The lowest BCUT2D eigenvalue weighted by Crippen LogP contribution is -3.00. The lowest BCUT2D eigenvalue weighted by Gasteiger charge is -2.40. The van der Waals surface area contributed by atoms with Crippen LogP contribution in [0.15, 0.2) is 78.9 Å². The lowest BCUT2D eigenvalue weighted by atomic mass is 9.82. The number of carbonyl (C=O) groups is 2. The van der Waals surface area contributed by atoms with Crippen LogP contribution in [-0.4, -0.2) is 77.3 Å². The minimum Gasteiger partial charge on any atom is -1.00 e. The predicted molar refractivity (Wildman–Crippen MR) is 192 cm³/mol. The van der Waals surface area contributed by atoms with Gasteiger partial charge in [-0.2, -0.15) is 9.67 Å². The lowest BCUT2D eigenvalue weighted by molar-refractivity contribution is -0.753. The molecule has 0 saturated heterocycles. The van der Waals surface area contributed by atoms with E-state index in [0.717, 1.165) is 17.8 Å². The quantitative estimate of drug-likeness (QED) is 0.0941. The van der Waals surface area contributed by atoms with E-state index < -0.39 is 40.3 Å². The fourth-order valence-electron chi connectivity index (χ4n) is 5.14. The van der Waals surface area contributed by atoms with Crippen molar-refractivity contribution in [2.45, 2.75) is 55.5 Å². The summed E-state index contributed by atoms with van der Waals surface area (Å²) in [6.45, 7) is 4.60. The minimum absolute atomic E-state index is 0. The van der Waals surface area contributed by atoms with Crippen LogP contribution in [0, 0.1) is 11.6 Å². The number of aromatic nitrogens is 8. The Morgan fingerprint density at radius 2 is 1.89 bits per heavy atom. The van der Waals surface area contributed by atoms with Crippen molar-refractivity contribution in [1.29, 1.82) is 0 Å². The van der Waals surface area contributed by atoms with Gasteiger partial charge in [-0.05, 0) is 51.2 Å². The fourth-order valence-corrected chi connectivity index (χ4v) is 6.39. The van der Waals surface area contributed by atoms with E-state index in [1.807, 2.05) is 0 Å². The van der Waals surface area contributed by atoms with E-state index >= 15 is 4.39 Å². The SMILES string of the molecule is CNCC(=O)OCc1ccc(Cl)cc1N(C)C(=O)OC(C)[n+]1cnn(CC(O)(c2ccc(F)cc2F)C(C)(C)Sc2ccc(-n3cncn3)nn2)c1.Cl.[Cl-]. The highest BCUT2D eigenvalue weighted by Gasteiger charge is 2.50. The molecule has 3 heterocycles. The Labute approximate surface area is 330 Å². The largest absolute Gasteiger partial charge is 1.00 e. The molecule has 54 heavy (non-hydrogen) atoms. The number of nitrogens with zero attached hydrogens (tertiary/aromatic N) is 9. The molecular weight excluding hydrogens is 793 g/mol. The normalized spacial score (nSPS) is 12.8. The third-order valence-corrected chi connectivity index (χ3v) is 9.60. The third-order valence-electron chi connectivity index (χ3n) is 8.09. The summed E-state index contributed by atoms with van der Waals surface area (Å²) in [5, 5.41) is 32.7. The van der Waals surface area contributed by atoms with Gasteiger partial charge in [0.25, 0.3) is 6.33 Å². The van der Waals surface area contributed by atoms with Gasteiger partial charge in [0, 0.05) is 41.3 Å². The van der Waals surface area contributed by atoms with Crippen LogP contribution >= 0.6 is 35.8 Å². The molecule has 21 heteroatoms. The average molecular weight is 830 g/mol. The number of esters is 1. The van der Waals surface area contributed by atoms with Crippen molar-refractivity contribution in [3.05, 3.63) is 102 Å². The number of thioether (sulfide) groups is 1. The summed E-state index contributed by atoms with van der Waals surface area (Å²) in [7, 11) is 3.10. The maximum Gasteiger partial charge on any atom is 0.416 e. The topological polar surface area (TPSA) is 166 Å². The highest BCUT2D eigenvalue weighted by atomic mass is 35.5. The molecule has 0 aliphatic rings. The molecular formula is C33H37Cl3F2N10O5S. The Hall–Kier alpha value is -4.46. The number of halogens is 5. The van der Waals surface area contributed by atoms with E-state index in [-0.39, 0.29) is 50.1 Å². The van der Waals surface area contributed by atoms with Crippen LogP contribution in [-0.2, 0) is 33.0 Å². The van der Waals surface area contributed by atoms with Crippen LogP contribution in [0.4, 0.5) is 19.3 Å². The van der Waals surface area contributed by atoms with Crippen molar-refractivity contribution < 1.29 is 49.9 Å². The first-order valence-electron chi connectivity index (χ1n) is 15.7. The number of anilines is 1. The van der Waals surface area contributed by atoms with Crippen LogP contribution in [0.3, 0.4) is 0 Å². The van der Waals surface area contributed by atoms with Crippen LogP contribution < -0.4 is 27.2 Å². The average Bonchev–Trinajstić information content (AvgIpc) is 3.81. The second kappa shape index (κ2) is 18.7. The second-order valence-corrected chi connectivity index (χ2v) is 14.1. The number of carbonyl (C=O) groups excluding carboxylic acids is 2. The van der Waals surface area contributed by atoms with Crippen molar-refractivity contribution in [1.82, 2.24) is 40.1 Å². The molecule has 0 saturated carbocycles. The van der Waals surface area contributed by atoms with Crippen molar-refractivity contribution >= 4 is 53.5 Å². The molecule has 15 nitrogen and oxygen atoms in total. The number of hydrogen-bond donors (Lipinski definition) is 2. The first-order chi connectivity index (χ1) is 24.7. The number of ether oxygens (including phenoxy) is 2. The predicted octanol–water partition coefficient (Wildman–Crippen LogP) is 1.41. The van der Waals surface area contributed by atoms with Gasteiger partial charge in [0.15, 0.2) is 5.82 Å². The Kier molecular flexibility index (Phi) is 15.2. The van der Waals surface area contributed by atoms with Crippen LogP contribution in [0.2, 0.25) is 5.02 Å². The summed E-state index contributed by atoms with van der Waals surface area (Å²) in [5.74, 6) is -1.81. The maximum atomic E-state index is 15.4. The highest BCUT2D eigenvalue weighted by Crippen LogP contribution is 2.47. The first kappa shape index (κ1) is 43.9. The Bertz CT molecular complexity index is 2030. The molecule has 3 aromatic heterocycles. The summed E-state index contributed by atoms with van der Waals surface area (Å²) in [6, 6.07) is 11.1. The molecule has 0 aliphatic heterocycles. The minimum atomic E-state index is -2.01. The summed E-state index contributed by atoms with van der Waals surface area (Å²) in [6.07, 6.45) is 4.02. The molecule has 0 radical (unpaired) electrons. The molecule has 5 aromatic rings. The van der Waals surface area contributed by atoms with E-state index in [1.54, 1.807) is 58.2 Å². The van der Waals surface area contributed by atoms with E-state index in [2.05, 4.69) is 30.7 Å². The third kappa shape index (κ3) is 10.2. The van der Waals surface area contributed by atoms with Gasteiger partial charge in [-0.3, -0.25) is 9.69 Å². The Morgan fingerprint density at radius 1 is 1.13 bits per heavy atom. The van der Waals surface area contributed by atoms with Gasteiger partial charge in [-0.25, -0.2) is 23.2 Å². The van der Waals surface area contributed by atoms with E-state index in [4.69, 9.17) is 21.1 Å². The zero-order valence-corrected chi connectivity index (χ0v) is 32.7. The smallest absolute Gasteiger partial charge is 0.416 e. The summed E-state index contributed by atoms with van der Waals surface area (Å²) in [5.41, 5.74) is -1.29. The van der Waals surface area contributed by atoms with Gasteiger partial charge in [-0.15, -0.1) is 27.3 Å². The van der Waals surface area contributed by atoms with E-state index in [1.165, 1.54) is 57.3 Å². The van der Waals surface area contributed by atoms with E-state index in [9.17, 15) is 19.1 Å². The molecule has 0 bridgehead atoms. The maximum absolute atomic E-state index is 15.4. The molecule has 2 atom stereocenters. The Balaban J connectivity index is 0.00000392. The molecule has 0 fully saturated rings. The summed E-state index contributed by atoms with van der Waals surface area (Å²) in [4.78, 5) is 30.3. The Morgan fingerprint density at radius 3 is 2.54 bits per heavy atom. The first-order valence-corrected chi connectivity index (χ1v) is 16.9. The van der Waals surface area contributed by atoms with Crippen molar-refractivity contribution in [3.63, 3.8) is 0 Å². The fraction of sp³-hybridized carbons (Fsp3) is 0.333. The molecule has 2 N–H and O–H groups in total. The van der Waals surface area contributed by atoms with Gasteiger partial charge < -0.3 is 32.3 Å². The molecule has 1 amide bonds. The number of rotatable bonds is 14.